The number of ether oxygens (including phenoxy) is 1. The molecule has 4 nitrogen and oxygen atoms in total. The van der Waals surface area contributed by atoms with Crippen LogP contribution in [0.3, 0.4) is 0 Å². The summed E-state index contributed by atoms with van der Waals surface area (Å²) in [7, 11) is 1.66. The van der Waals surface area contributed by atoms with Crippen molar-refractivity contribution in [3.8, 4) is 0 Å². The lowest BCUT2D eigenvalue weighted by molar-refractivity contribution is -0.147. The fourth-order valence-electron chi connectivity index (χ4n) is 3.89. The molecular weight excluding hydrogens is 312 g/mol. The molecule has 2 fully saturated rings. The van der Waals surface area contributed by atoms with E-state index in [-0.39, 0.29) is 24.4 Å². The number of piperidine rings is 1. The van der Waals surface area contributed by atoms with E-state index < -0.39 is 5.60 Å². The topological polar surface area (TPSA) is 50.4 Å². The molecule has 128 valence electrons. The van der Waals surface area contributed by atoms with Crippen LogP contribution in [0, 0.1) is 0 Å². The molecule has 0 bridgehead atoms. The van der Waals surface area contributed by atoms with Gasteiger partial charge in [-0.25, -0.2) is 0 Å². The van der Waals surface area contributed by atoms with E-state index in [1.807, 2.05) is 6.07 Å². The van der Waals surface area contributed by atoms with Gasteiger partial charge in [0.25, 0.3) is 5.91 Å². The van der Waals surface area contributed by atoms with Gasteiger partial charge in [0.05, 0.1) is 0 Å². The highest BCUT2D eigenvalue weighted by atomic mass is 35.5. The monoisotopic (exact) mass is 338 g/mol. The summed E-state index contributed by atoms with van der Waals surface area (Å²) in [4.78, 5) is 12.8. The van der Waals surface area contributed by atoms with Crippen LogP contribution in [0.1, 0.15) is 43.6 Å². The molecule has 5 heteroatoms. The predicted octanol–water partition coefficient (Wildman–Crippen LogP) is 2.63. The molecule has 1 aliphatic heterocycles. The van der Waals surface area contributed by atoms with Crippen LogP contribution in [0.5, 0.6) is 0 Å². The largest absolute Gasteiger partial charge is 0.368 e. The molecule has 2 unspecified atom stereocenters. The molecule has 1 saturated heterocycles. The zero-order valence-electron chi connectivity index (χ0n) is 13.7. The van der Waals surface area contributed by atoms with Crippen molar-refractivity contribution < 1.29 is 9.53 Å². The summed E-state index contributed by atoms with van der Waals surface area (Å²) in [6.45, 7) is 1.68. The Morgan fingerprint density at radius 1 is 1.22 bits per heavy atom. The molecule has 23 heavy (non-hydrogen) atoms. The number of benzene rings is 1. The third kappa shape index (κ3) is 3.87. The van der Waals surface area contributed by atoms with E-state index in [4.69, 9.17) is 4.74 Å². The number of rotatable bonds is 4. The lowest BCUT2D eigenvalue weighted by Gasteiger charge is -2.36. The highest BCUT2D eigenvalue weighted by Crippen LogP contribution is 2.35. The Morgan fingerprint density at radius 3 is 2.57 bits per heavy atom. The first-order valence-electron chi connectivity index (χ1n) is 8.37. The summed E-state index contributed by atoms with van der Waals surface area (Å²) >= 11 is 0. The normalized spacial score (nSPS) is 26.3. The third-order valence-electron chi connectivity index (χ3n) is 5.28. The molecule has 1 amide bonds. The summed E-state index contributed by atoms with van der Waals surface area (Å²) in [5, 5.41) is 6.59. The molecule has 1 saturated carbocycles. The maximum Gasteiger partial charge on any atom is 0.252 e. The number of carbonyl (C=O) groups is 1. The third-order valence-corrected chi connectivity index (χ3v) is 5.28. The number of hydrogen-bond acceptors (Lipinski definition) is 3. The fourth-order valence-corrected chi connectivity index (χ4v) is 3.89. The Morgan fingerprint density at radius 2 is 1.91 bits per heavy atom. The summed E-state index contributed by atoms with van der Waals surface area (Å²) in [6, 6.07) is 10.8. The van der Waals surface area contributed by atoms with Crippen LogP contribution < -0.4 is 10.6 Å². The highest BCUT2D eigenvalue weighted by Gasteiger charge is 2.42. The van der Waals surface area contributed by atoms with E-state index in [0.717, 1.165) is 38.8 Å². The van der Waals surface area contributed by atoms with Gasteiger partial charge in [-0.1, -0.05) is 36.8 Å². The van der Waals surface area contributed by atoms with Crippen molar-refractivity contribution >= 4 is 18.3 Å². The second-order valence-corrected chi connectivity index (χ2v) is 6.48. The molecule has 0 aromatic heterocycles. The van der Waals surface area contributed by atoms with Gasteiger partial charge in [0.15, 0.2) is 0 Å². The highest BCUT2D eigenvalue weighted by molar-refractivity contribution is 5.86. The smallest absolute Gasteiger partial charge is 0.252 e. The minimum absolute atomic E-state index is 0. The zero-order valence-corrected chi connectivity index (χ0v) is 14.5. The Hall–Kier alpha value is -1.10. The number of hydrogen-bond donors (Lipinski definition) is 2. The van der Waals surface area contributed by atoms with E-state index in [9.17, 15) is 4.79 Å². The quantitative estimate of drug-likeness (QED) is 0.887. The maximum atomic E-state index is 12.8. The molecular formula is C18H27ClN2O2. The minimum Gasteiger partial charge on any atom is -0.368 e. The van der Waals surface area contributed by atoms with Crippen molar-refractivity contribution in [2.45, 2.75) is 49.7 Å². The molecule has 3 rings (SSSR count). The van der Waals surface area contributed by atoms with Crippen LogP contribution in [0.2, 0.25) is 0 Å². The van der Waals surface area contributed by atoms with Gasteiger partial charge in [-0.15, -0.1) is 12.4 Å². The molecule has 2 aliphatic rings. The first kappa shape index (κ1) is 18.2. The van der Waals surface area contributed by atoms with Crippen molar-refractivity contribution in [3.63, 3.8) is 0 Å². The summed E-state index contributed by atoms with van der Waals surface area (Å²) in [5.74, 6) is 0.505. The average molecular weight is 339 g/mol. The van der Waals surface area contributed by atoms with Crippen LogP contribution >= 0.6 is 12.4 Å². The van der Waals surface area contributed by atoms with Crippen molar-refractivity contribution in [2.75, 3.05) is 20.2 Å². The van der Waals surface area contributed by atoms with Crippen molar-refractivity contribution in [2.24, 2.45) is 0 Å². The second kappa shape index (κ2) is 8.13. The molecule has 1 aliphatic carbocycles. The first-order chi connectivity index (χ1) is 10.7. The van der Waals surface area contributed by atoms with Crippen LogP contribution in [0.25, 0.3) is 0 Å². The average Bonchev–Trinajstić information content (AvgIpc) is 3.04. The number of halogens is 1. The Kier molecular flexibility index (Phi) is 6.45. The second-order valence-electron chi connectivity index (χ2n) is 6.48. The number of nitrogens with one attached hydrogen (secondary N) is 2. The lowest BCUT2D eigenvalue weighted by atomic mass is 9.89. The van der Waals surface area contributed by atoms with Gasteiger partial charge in [0.2, 0.25) is 0 Å². The SMILES string of the molecule is COC1(C(=O)NC2CCCC2c2ccccc2)CCNCC1.Cl. The van der Waals surface area contributed by atoms with Gasteiger partial charge in [-0.2, -0.15) is 0 Å². The molecule has 0 radical (unpaired) electrons. The summed E-state index contributed by atoms with van der Waals surface area (Å²) < 4.78 is 5.64. The van der Waals surface area contributed by atoms with E-state index in [1.54, 1.807) is 7.11 Å². The molecule has 1 aromatic carbocycles. The number of carbonyl (C=O) groups excluding carboxylic acids is 1. The molecule has 2 atom stereocenters. The minimum atomic E-state index is -0.644. The van der Waals surface area contributed by atoms with Crippen LogP contribution in [-0.4, -0.2) is 37.7 Å². The molecule has 2 N–H and O–H groups in total. The first-order valence-corrected chi connectivity index (χ1v) is 8.37. The van der Waals surface area contributed by atoms with Gasteiger partial charge in [0.1, 0.15) is 5.60 Å². The maximum absolute atomic E-state index is 12.8. The molecule has 1 heterocycles. The van der Waals surface area contributed by atoms with Crippen LogP contribution in [0.15, 0.2) is 30.3 Å². The Labute approximate surface area is 144 Å². The van der Waals surface area contributed by atoms with Crippen molar-refractivity contribution in [1.29, 1.82) is 0 Å². The Balaban J connectivity index is 0.00000192. The predicted molar refractivity (Wildman–Crippen MR) is 94.1 cm³/mol. The fraction of sp³-hybridized carbons (Fsp3) is 0.611. The molecule has 1 aromatic rings. The standard InChI is InChI=1S/C18H26N2O2.ClH/c1-22-18(10-12-19-13-11-18)17(21)20-16-9-5-8-15(16)14-6-3-2-4-7-14;/h2-4,6-7,15-16,19H,5,8-13H2,1H3,(H,20,21);1H. The van der Waals surface area contributed by atoms with Crippen LogP contribution in [0.4, 0.5) is 0 Å². The van der Waals surface area contributed by atoms with E-state index in [1.165, 1.54) is 12.0 Å². The van der Waals surface area contributed by atoms with E-state index >= 15 is 0 Å². The zero-order chi connectivity index (χ0) is 15.4. The van der Waals surface area contributed by atoms with Gasteiger partial charge in [-0.05, 0) is 44.3 Å². The van der Waals surface area contributed by atoms with Gasteiger partial charge >= 0.3 is 0 Å². The van der Waals surface area contributed by atoms with E-state index in [2.05, 4.69) is 34.9 Å². The lowest BCUT2D eigenvalue weighted by Crippen LogP contribution is -2.56. The summed E-state index contributed by atoms with van der Waals surface area (Å²) in [6.07, 6.45) is 4.88. The van der Waals surface area contributed by atoms with Crippen LogP contribution in [-0.2, 0) is 9.53 Å². The van der Waals surface area contributed by atoms with Crippen molar-refractivity contribution in [3.05, 3.63) is 35.9 Å². The van der Waals surface area contributed by atoms with Gasteiger partial charge < -0.3 is 15.4 Å². The van der Waals surface area contributed by atoms with Gasteiger partial charge in [0, 0.05) is 19.1 Å². The number of methoxy groups -OCH3 is 1. The van der Waals surface area contributed by atoms with Gasteiger partial charge in [-0.3, -0.25) is 4.79 Å². The summed E-state index contributed by atoms with van der Waals surface area (Å²) in [5.41, 5.74) is 0.691. The Bertz CT molecular complexity index is 503. The molecule has 0 spiro atoms. The van der Waals surface area contributed by atoms with E-state index in [0.29, 0.717) is 5.92 Å². The van der Waals surface area contributed by atoms with Crippen molar-refractivity contribution in [1.82, 2.24) is 10.6 Å². The number of amides is 1.